The zero-order valence-electron chi connectivity index (χ0n) is 14.7. The Bertz CT molecular complexity index is 661. The predicted octanol–water partition coefficient (Wildman–Crippen LogP) is 1.67. The average molecular weight is 358 g/mol. The third kappa shape index (κ3) is 5.73. The van der Waals surface area contributed by atoms with Gasteiger partial charge in [-0.2, -0.15) is 0 Å². The molecule has 0 radical (unpaired) electrons. The van der Waals surface area contributed by atoms with Gasteiger partial charge >= 0.3 is 0 Å². The van der Waals surface area contributed by atoms with Crippen LogP contribution >= 0.6 is 0 Å². The van der Waals surface area contributed by atoms with E-state index in [2.05, 4.69) is 4.72 Å². The van der Waals surface area contributed by atoms with Gasteiger partial charge in [0.2, 0.25) is 10.0 Å². The highest BCUT2D eigenvalue weighted by Crippen LogP contribution is 2.30. The first kappa shape index (κ1) is 20.3. The van der Waals surface area contributed by atoms with Crippen LogP contribution in [0, 0.1) is 10.1 Å². The molecule has 0 unspecified atom stereocenters. The van der Waals surface area contributed by atoms with Crippen LogP contribution < -0.4 is 9.62 Å². The zero-order valence-corrected chi connectivity index (χ0v) is 15.5. The molecule has 1 aromatic rings. The molecule has 0 aliphatic heterocycles. The maximum absolute atomic E-state index is 12.3. The van der Waals surface area contributed by atoms with Gasteiger partial charge < -0.3 is 9.80 Å². The van der Waals surface area contributed by atoms with Gasteiger partial charge in [0.25, 0.3) is 5.69 Å². The first-order valence-electron chi connectivity index (χ1n) is 7.83. The molecule has 24 heavy (non-hydrogen) atoms. The van der Waals surface area contributed by atoms with Gasteiger partial charge in [0, 0.05) is 32.7 Å². The smallest absolute Gasteiger partial charge is 0.293 e. The van der Waals surface area contributed by atoms with Crippen LogP contribution in [0.2, 0.25) is 0 Å². The molecular formula is C15H26N4O4S. The summed E-state index contributed by atoms with van der Waals surface area (Å²) in [6.45, 7) is 3.49. The quantitative estimate of drug-likeness (QED) is 0.505. The van der Waals surface area contributed by atoms with E-state index in [1.54, 1.807) is 11.9 Å². The van der Waals surface area contributed by atoms with Gasteiger partial charge in [0.15, 0.2) is 0 Å². The molecule has 0 saturated heterocycles. The predicted molar refractivity (Wildman–Crippen MR) is 95.0 cm³/mol. The van der Waals surface area contributed by atoms with Crippen LogP contribution in [0.5, 0.6) is 0 Å². The van der Waals surface area contributed by atoms with Gasteiger partial charge in [-0.05, 0) is 32.6 Å². The summed E-state index contributed by atoms with van der Waals surface area (Å²) in [5, 5.41) is 11.3. The summed E-state index contributed by atoms with van der Waals surface area (Å²) in [7, 11) is 1.66. The van der Waals surface area contributed by atoms with E-state index in [1.807, 2.05) is 25.9 Å². The van der Waals surface area contributed by atoms with E-state index in [0.717, 1.165) is 18.9 Å². The van der Waals surface area contributed by atoms with E-state index >= 15 is 0 Å². The molecule has 1 rings (SSSR count). The van der Waals surface area contributed by atoms with Crippen molar-refractivity contribution >= 4 is 21.4 Å². The lowest BCUT2D eigenvalue weighted by Crippen LogP contribution is -2.31. The third-order valence-electron chi connectivity index (χ3n) is 3.56. The van der Waals surface area contributed by atoms with E-state index in [0.29, 0.717) is 18.8 Å². The third-order valence-corrected chi connectivity index (χ3v) is 5.02. The molecule has 1 aromatic carbocycles. The average Bonchev–Trinajstić information content (AvgIpc) is 2.51. The van der Waals surface area contributed by atoms with Gasteiger partial charge in [0.1, 0.15) is 5.69 Å². The number of nitro benzene ring substituents is 1. The Morgan fingerprint density at radius 1 is 1.21 bits per heavy atom. The van der Waals surface area contributed by atoms with Crippen molar-refractivity contribution in [1.29, 1.82) is 0 Å². The van der Waals surface area contributed by atoms with Crippen molar-refractivity contribution in [3.8, 4) is 0 Å². The highest BCUT2D eigenvalue weighted by Gasteiger charge is 2.22. The van der Waals surface area contributed by atoms with E-state index in [4.69, 9.17) is 0 Å². The van der Waals surface area contributed by atoms with Crippen LogP contribution in [0.3, 0.4) is 0 Å². The molecule has 0 amide bonds. The summed E-state index contributed by atoms with van der Waals surface area (Å²) in [4.78, 5) is 14.3. The lowest BCUT2D eigenvalue weighted by Gasteiger charge is -2.19. The Hall–Kier alpha value is -1.71. The summed E-state index contributed by atoms with van der Waals surface area (Å²) >= 11 is 0. The van der Waals surface area contributed by atoms with Crippen molar-refractivity contribution in [2.24, 2.45) is 0 Å². The second-order valence-corrected chi connectivity index (χ2v) is 7.65. The first-order chi connectivity index (χ1) is 11.2. The van der Waals surface area contributed by atoms with Crippen LogP contribution in [0.15, 0.2) is 23.1 Å². The fourth-order valence-electron chi connectivity index (χ4n) is 2.14. The number of nitrogens with zero attached hydrogens (tertiary/aromatic N) is 3. The lowest BCUT2D eigenvalue weighted by molar-refractivity contribution is -0.384. The SMILES string of the molecule is CCCCN(C)c1ccc(S(=O)(=O)NCCN(C)C)cc1[N+](=O)[O-]. The van der Waals surface area contributed by atoms with E-state index < -0.39 is 14.9 Å². The Morgan fingerprint density at radius 2 is 1.88 bits per heavy atom. The minimum absolute atomic E-state index is 0.0967. The van der Waals surface area contributed by atoms with Crippen molar-refractivity contribution in [3.63, 3.8) is 0 Å². The van der Waals surface area contributed by atoms with Crippen molar-refractivity contribution in [3.05, 3.63) is 28.3 Å². The van der Waals surface area contributed by atoms with Crippen molar-refractivity contribution in [2.75, 3.05) is 45.7 Å². The Kier molecular flexibility index (Phi) is 7.59. The molecular weight excluding hydrogens is 332 g/mol. The highest BCUT2D eigenvalue weighted by molar-refractivity contribution is 7.89. The van der Waals surface area contributed by atoms with E-state index in [9.17, 15) is 18.5 Å². The molecule has 0 bridgehead atoms. The normalized spacial score (nSPS) is 11.7. The molecule has 136 valence electrons. The number of benzene rings is 1. The molecule has 0 aromatic heterocycles. The number of nitro groups is 1. The second-order valence-electron chi connectivity index (χ2n) is 5.88. The number of hydrogen-bond acceptors (Lipinski definition) is 6. The van der Waals surface area contributed by atoms with Gasteiger partial charge in [0.05, 0.1) is 9.82 Å². The summed E-state index contributed by atoms with van der Waals surface area (Å²) in [5.74, 6) is 0. The van der Waals surface area contributed by atoms with Crippen molar-refractivity contribution in [2.45, 2.75) is 24.7 Å². The largest absolute Gasteiger partial charge is 0.369 e. The summed E-state index contributed by atoms with van der Waals surface area (Å²) in [5.41, 5.74) is 0.213. The summed E-state index contributed by atoms with van der Waals surface area (Å²) in [6, 6.07) is 4.02. The minimum Gasteiger partial charge on any atom is -0.369 e. The maximum Gasteiger partial charge on any atom is 0.293 e. The number of sulfonamides is 1. The van der Waals surface area contributed by atoms with Crippen LogP contribution in [0.4, 0.5) is 11.4 Å². The number of hydrogen-bond donors (Lipinski definition) is 1. The Balaban J connectivity index is 3.06. The topological polar surface area (TPSA) is 95.8 Å². The minimum atomic E-state index is -3.77. The molecule has 0 fully saturated rings. The molecule has 0 heterocycles. The first-order valence-corrected chi connectivity index (χ1v) is 9.31. The number of unbranched alkanes of at least 4 members (excludes halogenated alkanes) is 1. The zero-order chi connectivity index (χ0) is 18.3. The molecule has 0 spiro atoms. The Morgan fingerprint density at radius 3 is 2.42 bits per heavy atom. The molecule has 0 saturated carbocycles. The Labute approximate surface area is 143 Å². The molecule has 8 nitrogen and oxygen atoms in total. The monoisotopic (exact) mass is 358 g/mol. The van der Waals surface area contributed by atoms with Crippen molar-refractivity contribution < 1.29 is 13.3 Å². The fourth-order valence-corrected chi connectivity index (χ4v) is 3.18. The van der Waals surface area contributed by atoms with Crippen LogP contribution in [-0.2, 0) is 10.0 Å². The van der Waals surface area contributed by atoms with Crippen LogP contribution in [-0.4, -0.2) is 59.0 Å². The summed E-state index contributed by atoms with van der Waals surface area (Å²) < 4.78 is 27.0. The molecule has 0 aliphatic carbocycles. The van der Waals surface area contributed by atoms with Gasteiger partial charge in [-0.1, -0.05) is 13.3 Å². The van der Waals surface area contributed by atoms with Gasteiger partial charge in [-0.3, -0.25) is 10.1 Å². The van der Waals surface area contributed by atoms with Gasteiger partial charge in [-0.15, -0.1) is 0 Å². The van der Waals surface area contributed by atoms with Crippen LogP contribution in [0.25, 0.3) is 0 Å². The molecule has 0 aliphatic rings. The van der Waals surface area contributed by atoms with E-state index in [1.165, 1.54) is 12.1 Å². The molecule has 1 N–H and O–H groups in total. The standard InChI is InChI=1S/C15H26N4O4S/c1-5-6-10-18(4)14-8-7-13(12-15(14)19(20)21)24(22,23)16-9-11-17(2)3/h7-8,12,16H,5-6,9-11H2,1-4H3. The highest BCUT2D eigenvalue weighted by atomic mass is 32.2. The fraction of sp³-hybridized carbons (Fsp3) is 0.600. The number of anilines is 1. The van der Waals surface area contributed by atoms with Crippen LogP contribution in [0.1, 0.15) is 19.8 Å². The maximum atomic E-state index is 12.3. The molecule has 9 heteroatoms. The van der Waals surface area contributed by atoms with Crippen molar-refractivity contribution in [1.82, 2.24) is 9.62 Å². The number of likely N-dealkylation sites (N-methyl/N-ethyl adjacent to an activating group) is 1. The van der Waals surface area contributed by atoms with E-state index in [-0.39, 0.29) is 17.1 Å². The lowest BCUT2D eigenvalue weighted by atomic mass is 10.2. The second kappa shape index (κ2) is 8.95. The summed E-state index contributed by atoms with van der Waals surface area (Å²) in [6.07, 6.45) is 1.88. The number of nitrogens with one attached hydrogen (secondary N) is 1. The molecule has 0 atom stereocenters. The van der Waals surface area contributed by atoms with Gasteiger partial charge in [-0.25, -0.2) is 13.1 Å². The number of rotatable bonds is 10.